The zero-order valence-corrected chi connectivity index (χ0v) is 34.5. The van der Waals surface area contributed by atoms with Gasteiger partial charge in [0.2, 0.25) is 0 Å². The van der Waals surface area contributed by atoms with E-state index in [2.05, 4.69) is 244 Å². The molecule has 0 N–H and O–H groups in total. The van der Waals surface area contributed by atoms with Crippen LogP contribution in [0.2, 0.25) is 0 Å². The summed E-state index contributed by atoms with van der Waals surface area (Å²) in [5.74, 6) is 0. The summed E-state index contributed by atoms with van der Waals surface area (Å²) in [7, 11) is 0. The van der Waals surface area contributed by atoms with Crippen molar-refractivity contribution in [3.63, 3.8) is 0 Å². The highest BCUT2D eigenvalue weighted by molar-refractivity contribution is 6.13. The van der Waals surface area contributed by atoms with E-state index in [1.807, 2.05) is 0 Å². The van der Waals surface area contributed by atoms with Crippen LogP contribution in [0.4, 0.5) is 34.1 Å². The quantitative estimate of drug-likeness (QED) is 0.159. The molecule has 9 aromatic carbocycles. The van der Waals surface area contributed by atoms with E-state index in [0.29, 0.717) is 0 Å². The summed E-state index contributed by atoms with van der Waals surface area (Å²) in [6.45, 7) is 9.65. The van der Waals surface area contributed by atoms with E-state index in [1.54, 1.807) is 0 Å². The molecule has 2 aliphatic rings. The molecule has 9 aromatic rings. The predicted octanol–water partition coefficient (Wildman–Crippen LogP) is 16.1. The zero-order chi connectivity index (χ0) is 40.6. The summed E-state index contributed by atoms with van der Waals surface area (Å²) >= 11 is 0. The third kappa shape index (κ3) is 5.55. The molecule has 2 nitrogen and oxygen atoms in total. The molecule has 0 fully saturated rings. The summed E-state index contributed by atoms with van der Waals surface area (Å²) in [6.07, 6.45) is 0. The highest BCUT2D eigenvalue weighted by Gasteiger charge is 2.41. The Bertz CT molecular complexity index is 2980. The van der Waals surface area contributed by atoms with E-state index in [1.165, 1.54) is 66.4 Å². The molecule has 0 heterocycles. The van der Waals surface area contributed by atoms with Crippen LogP contribution in [0, 0.1) is 0 Å². The van der Waals surface area contributed by atoms with Crippen molar-refractivity contribution in [3.05, 3.63) is 229 Å². The summed E-state index contributed by atoms with van der Waals surface area (Å²) in [4.78, 5) is 4.70. The number of hydrogen-bond acceptors (Lipinski definition) is 2. The molecule has 0 saturated heterocycles. The van der Waals surface area contributed by atoms with E-state index in [0.717, 1.165) is 34.1 Å². The van der Waals surface area contributed by atoms with Crippen LogP contribution in [-0.4, -0.2) is 0 Å². The molecule has 288 valence electrons. The Morgan fingerprint density at radius 2 is 0.750 bits per heavy atom. The second-order valence-electron chi connectivity index (χ2n) is 17.4. The van der Waals surface area contributed by atoms with Gasteiger partial charge in [0.25, 0.3) is 0 Å². The van der Waals surface area contributed by atoms with Crippen LogP contribution < -0.4 is 9.80 Å². The smallest absolute Gasteiger partial charge is 0.0465 e. The van der Waals surface area contributed by atoms with Gasteiger partial charge in [-0.25, -0.2) is 0 Å². The molecule has 2 aliphatic carbocycles. The van der Waals surface area contributed by atoms with Crippen molar-refractivity contribution in [2.75, 3.05) is 9.80 Å². The topological polar surface area (TPSA) is 6.48 Å². The maximum atomic E-state index is 2.54. The number of rotatable bonds is 7. The molecule has 0 unspecified atom stereocenters. The first kappa shape index (κ1) is 36.0. The van der Waals surface area contributed by atoms with Gasteiger partial charge in [-0.15, -0.1) is 0 Å². The van der Waals surface area contributed by atoms with Crippen molar-refractivity contribution in [1.29, 1.82) is 0 Å². The third-order valence-corrected chi connectivity index (χ3v) is 13.2. The van der Waals surface area contributed by atoms with Crippen LogP contribution >= 0.6 is 0 Å². The Kier molecular flexibility index (Phi) is 8.22. The SMILES string of the molecule is CC1(C)c2cc(-c3ccc(N(c4ccccc4)c4ccccc4)cc3)ccc2-c2c1cc1c3c(cccc23)C(C)(C)c2cc(N(c3ccccc3)c3ccccc3)ccc2-1. The highest BCUT2D eigenvalue weighted by Crippen LogP contribution is 2.58. The first-order valence-corrected chi connectivity index (χ1v) is 21.1. The molecule has 0 atom stereocenters. The fourth-order valence-electron chi connectivity index (χ4n) is 10.2. The Labute approximate surface area is 353 Å². The van der Waals surface area contributed by atoms with Crippen LogP contribution in [0.3, 0.4) is 0 Å². The highest BCUT2D eigenvalue weighted by atomic mass is 15.1. The van der Waals surface area contributed by atoms with E-state index < -0.39 is 0 Å². The van der Waals surface area contributed by atoms with Gasteiger partial charge in [0.1, 0.15) is 0 Å². The molecular weight excluding hydrogens is 725 g/mol. The average molecular weight is 771 g/mol. The molecular formula is C58H46N2. The van der Waals surface area contributed by atoms with Gasteiger partial charge in [-0.2, -0.15) is 0 Å². The normalized spacial score (nSPS) is 13.9. The number of hydrogen-bond donors (Lipinski definition) is 0. The monoisotopic (exact) mass is 770 g/mol. The van der Waals surface area contributed by atoms with Crippen LogP contribution in [0.15, 0.2) is 206 Å². The molecule has 0 amide bonds. The molecule has 0 saturated carbocycles. The van der Waals surface area contributed by atoms with Gasteiger partial charge in [0, 0.05) is 45.0 Å². The first-order chi connectivity index (χ1) is 29.3. The lowest BCUT2D eigenvalue weighted by Gasteiger charge is -2.37. The van der Waals surface area contributed by atoms with E-state index in [-0.39, 0.29) is 10.8 Å². The summed E-state index contributed by atoms with van der Waals surface area (Å²) in [6, 6.07) is 75.6. The van der Waals surface area contributed by atoms with Crippen LogP contribution in [0.5, 0.6) is 0 Å². The molecule has 60 heavy (non-hydrogen) atoms. The standard InChI is InChI=1S/C58H46N2/c1-57(2)51-27-17-26-49-55-48-34-30-40(39-28-31-45(32-29-39)59(41-18-9-5-10-19-41)42-20-11-6-12-21-42)36-52(48)58(3,4)54(55)38-50(56(49)51)47-35-33-46(37-53(47)57)60(43-22-13-7-14-23-43)44-24-15-8-16-25-44/h5-38H,1-4H3. The third-order valence-electron chi connectivity index (χ3n) is 13.2. The lowest BCUT2D eigenvalue weighted by Crippen LogP contribution is -2.25. The Balaban J connectivity index is 1.01. The van der Waals surface area contributed by atoms with Crippen molar-refractivity contribution in [2.24, 2.45) is 0 Å². The predicted molar refractivity (Wildman–Crippen MR) is 254 cm³/mol. The number of para-hydroxylation sites is 4. The summed E-state index contributed by atoms with van der Waals surface area (Å²) in [5, 5.41) is 2.73. The minimum Gasteiger partial charge on any atom is -0.311 e. The number of anilines is 6. The summed E-state index contributed by atoms with van der Waals surface area (Å²) in [5.41, 5.74) is 19.8. The number of nitrogens with zero attached hydrogens (tertiary/aromatic N) is 2. The Morgan fingerprint density at radius 1 is 0.300 bits per heavy atom. The van der Waals surface area contributed by atoms with Gasteiger partial charge >= 0.3 is 0 Å². The second-order valence-corrected chi connectivity index (χ2v) is 17.4. The number of fused-ring (bicyclic) bond motifs is 6. The molecule has 2 heteroatoms. The van der Waals surface area contributed by atoms with Crippen molar-refractivity contribution in [3.8, 4) is 33.4 Å². The first-order valence-electron chi connectivity index (χ1n) is 21.1. The Hall–Kier alpha value is -7.16. The minimum absolute atomic E-state index is 0.191. The minimum atomic E-state index is -0.214. The van der Waals surface area contributed by atoms with Gasteiger partial charge in [-0.05, 0) is 151 Å². The Morgan fingerprint density at radius 3 is 1.32 bits per heavy atom. The molecule has 0 spiro atoms. The van der Waals surface area contributed by atoms with Crippen LogP contribution in [0.1, 0.15) is 49.9 Å². The van der Waals surface area contributed by atoms with Gasteiger partial charge in [-0.3, -0.25) is 0 Å². The van der Waals surface area contributed by atoms with Gasteiger partial charge in [0.15, 0.2) is 0 Å². The van der Waals surface area contributed by atoms with E-state index >= 15 is 0 Å². The summed E-state index contributed by atoms with van der Waals surface area (Å²) < 4.78 is 0. The molecule has 11 rings (SSSR count). The zero-order valence-electron chi connectivity index (χ0n) is 34.5. The number of benzene rings is 9. The lowest BCUT2D eigenvalue weighted by atomic mass is 9.67. The molecule has 0 aliphatic heterocycles. The van der Waals surface area contributed by atoms with Crippen molar-refractivity contribution in [2.45, 2.75) is 38.5 Å². The lowest BCUT2D eigenvalue weighted by molar-refractivity contribution is 0.644. The average Bonchev–Trinajstić information content (AvgIpc) is 3.52. The van der Waals surface area contributed by atoms with Gasteiger partial charge in [-0.1, -0.05) is 149 Å². The fourth-order valence-corrected chi connectivity index (χ4v) is 10.2. The van der Waals surface area contributed by atoms with E-state index in [9.17, 15) is 0 Å². The van der Waals surface area contributed by atoms with Crippen LogP contribution in [-0.2, 0) is 10.8 Å². The second kappa shape index (κ2) is 13.7. The van der Waals surface area contributed by atoms with Gasteiger partial charge < -0.3 is 9.80 Å². The molecule has 0 radical (unpaired) electrons. The fraction of sp³-hybridized carbons (Fsp3) is 0.103. The van der Waals surface area contributed by atoms with Crippen molar-refractivity contribution >= 4 is 44.9 Å². The van der Waals surface area contributed by atoms with Crippen molar-refractivity contribution < 1.29 is 0 Å². The molecule has 0 aromatic heterocycles. The van der Waals surface area contributed by atoms with E-state index in [4.69, 9.17) is 0 Å². The molecule has 0 bridgehead atoms. The maximum absolute atomic E-state index is 2.54. The maximum Gasteiger partial charge on any atom is 0.0465 e. The van der Waals surface area contributed by atoms with Crippen molar-refractivity contribution in [1.82, 2.24) is 0 Å². The van der Waals surface area contributed by atoms with Crippen LogP contribution in [0.25, 0.3) is 44.2 Å². The largest absolute Gasteiger partial charge is 0.311 e. The van der Waals surface area contributed by atoms with Gasteiger partial charge in [0.05, 0.1) is 0 Å².